The van der Waals surface area contributed by atoms with Crippen LogP contribution in [0.25, 0.3) is 0 Å². The Kier molecular flexibility index (Phi) is 5.79. The Balaban J connectivity index is 2.32. The Bertz CT molecular complexity index is 598. The van der Waals surface area contributed by atoms with E-state index in [1.54, 1.807) is 32.2 Å². The molecule has 0 radical (unpaired) electrons. The molecule has 1 heterocycles. The van der Waals surface area contributed by atoms with Crippen molar-refractivity contribution in [3.05, 3.63) is 42.0 Å². The fraction of sp³-hybridized carbons (Fsp3) is 0.444. The van der Waals surface area contributed by atoms with Gasteiger partial charge in [-0.05, 0) is 32.4 Å². The first-order valence-electron chi connectivity index (χ1n) is 7.96. The number of para-hydroxylation sites is 1. The standard InChI is InChI=1S/C18H24N2O3/c1-13-9-5-4-8-12-19-17(21)14(2)20(3)18(22)15-10-6-7-11-16(15)23-13/h4-7,10-11,13-14H,8-9,12H2,1-3H3,(H,19,21)/b5-4-/t13-,14+/m0/s1. The van der Waals surface area contributed by atoms with Crippen LogP contribution in [0.15, 0.2) is 36.4 Å². The average Bonchev–Trinajstić information content (AvgIpc) is 2.55. The van der Waals surface area contributed by atoms with Gasteiger partial charge in [-0.2, -0.15) is 0 Å². The maximum atomic E-state index is 12.7. The summed E-state index contributed by atoms with van der Waals surface area (Å²) >= 11 is 0. The number of rotatable bonds is 0. The van der Waals surface area contributed by atoms with Gasteiger partial charge in [-0.1, -0.05) is 24.3 Å². The fourth-order valence-corrected chi connectivity index (χ4v) is 2.38. The first kappa shape index (κ1) is 17.1. The molecule has 1 aromatic rings. The first-order chi connectivity index (χ1) is 11.0. The molecule has 0 spiro atoms. The molecule has 2 amide bonds. The molecule has 5 nitrogen and oxygen atoms in total. The quantitative estimate of drug-likeness (QED) is 0.748. The van der Waals surface area contributed by atoms with Crippen LogP contribution < -0.4 is 10.1 Å². The van der Waals surface area contributed by atoms with Crippen molar-refractivity contribution in [1.29, 1.82) is 0 Å². The number of fused-ring (bicyclic) bond motifs is 1. The van der Waals surface area contributed by atoms with E-state index < -0.39 is 6.04 Å². The topological polar surface area (TPSA) is 58.6 Å². The van der Waals surface area contributed by atoms with Crippen LogP contribution in [-0.2, 0) is 4.79 Å². The SMILES string of the molecule is C[C@@H]1C(=O)NCC/C=C\C[C@H](C)Oc2ccccc2C(=O)N1C. The number of hydrogen-bond acceptors (Lipinski definition) is 3. The van der Waals surface area contributed by atoms with Gasteiger partial charge in [0, 0.05) is 20.0 Å². The van der Waals surface area contributed by atoms with Crippen molar-refractivity contribution in [3.63, 3.8) is 0 Å². The van der Waals surface area contributed by atoms with Crippen LogP contribution in [0.4, 0.5) is 0 Å². The summed E-state index contributed by atoms with van der Waals surface area (Å²) in [5, 5.41) is 2.86. The molecule has 1 N–H and O–H groups in total. The summed E-state index contributed by atoms with van der Waals surface area (Å²) in [6.07, 6.45) is 5.57. The van der Waals surface area contributed by atoms with Crippen LogP contribution in [0.2, 0.25) is 0 Å². The third-order valence-corrected chi connectivity index (χ3v) is 3.97. The van der Waals surface area contributed by atoms with E-state index in [2.05, 4.69) is 5.32 Å². The smallest absolute Gasteiger partial charge is 0.258 e. The lowest BCUT2D eigenvalue weighted by Gasteiger charge is -2.26. The van der Waals surface area contributed by atoms with Crippen molar-refractivity contribution in [2.45, 2.75) is 38.8 Å². The van der Waals surface area contributed by atoms with Crippen molar-refractivity contribution in [1.82, 2.24) is 10.2 Å². The zero-order valence-electron chi connectivity index (χ0n) is 13.9. The van der Waals surface area contributed by atoms with Crippen LogP contribution in [0.5, 0.6) is 5.75 Å². The molecule has 0 saturated heterocycles. The summed E-state index contributed by atoms with van der Waals surface area (Å²) in [5.74, 6) is 0.177. The third-order valence-electron chi connectivity index (χ3n) is 3.97. The van der Waals surface area contributed by atoms with Crippen molar-refractivity contribution >= 4 is 11.8 Å². The Morgan fingerprint density at radius 1 is 1.17 bits per heavy atom. The van der Waals surface area contributed by atoms with Crippen LogP contribution in [-0.4, -0.2) is 42.5 Å². The van der Waals surface area contributed by atoms with E-state index in [1.807, 2.05) is 25.1 Å². The van der Waals surface area contributed by atoms with Gasteiger partial charge in [0.05, 0.1) is 11.7 Å². The van der Waals surface area contributed by atoms with E-state index in [0.29, 0.717) is 17.9 Å². The van der Waals surface area contributed by atoms with Gasteiger partial charge in [0.1, 0.15) is 11.8 Å². The maximum absolute atomic E-state index is 12.7. The second kappa shape index (κ2) is 7.81. The van der Waals surface area contributed by atoms with Gasteiger partial charge in [0.25, 0.3) is 5.91 Å². The molecular weight excluding hydrogens is 292 g/mol. The highest BCUT2D eigenvalue weighted by Crippen LogP contribution is 2.22. The molecule has 2 atom stereocenters. The first-order valence-corrected chi connectivity index (χ1v) is 7.96. The Morgan fingerprint density at radius 2 is 1.91 bits per heavy atom. The predicted octanol–water partition coefficient (Wildman–Crippen LogP) is 2.38. The fourth-order valence-electron chi connectivity index (χ4n) is 2.38. The predicted molar refractivity (Wildman–Crippen MR) is 89.5 cm³/mol. The van der Waals surface area contributed by atoms with Crippen molar-refractivity contribution in [2.24, 2.45) is 0 Å². The minimum atomic E-state index is -0.542. The summed E-state index contributed by atoms with van der Waals surface area (Å²) in [6.45, 7) is 4.26. The lowest BCUT2D eigenvalue weighted by Crippen LogP contribution is -2.46. The van der Waals surface area contributed by atoms with E-state index in [9.17, 15) is 9.59 Å². The van der Waals surface area contributed by atoms with E-state index in [1.165, 1.54) is 4.90 Å². The third kappa shape index (κ3) is 4.34. The van der Waals surface area contributed by atoms with Crippen LogP contribution >= 0.6 is 0 Å². The lowest BCUT2D eigenvalue weighted by molar-refractivity contribution is -0.124. The zero-order chi connectivity index (χ0) is 16.8. The zero-order valence-corrected chi connectivity index (χ0v) is 13.9. The van der Waals surface area contributed by atoms with Crippen LogP contribution in [0.1, 0.15) is 37.0 Å². The summed E-state index contributed by atoms with van der Waals surface area (Å²) in [4.78, 5) is 26.3. The largest absolute Gasteiger partial charge is 0.490 e. The molecule has 0 unspecified atom stereocenters. The van der Waals surface area contributed by atoms with Gasteiger partial charge >= 0.3 is 0 Å². The average molecular weight is 316 g/mol. The number of carbonyl (C=O) groups is 2. The molecule has 0 saturated carbocycles. The van der Waals surface area contributed by atoms with Crippen molar-refractivity contribution < 1.29 is 14.3 Å². The van der Waals surface area contributed by atoms with E-state index >= 15 is 0 Å². The maximum Gasteiger partial charge on any atom is 0.258 e. The molecule has 1 aromatic carbocycles. The van der Waals surface area contributed by atoms with Gasteiger partial charge in [0.2, 0.25) is 5.91 Å². The Hall–Kier alpha value is -2.30. The molecule has 2 rings (SSSR count). The normalized spacial score (nSPS) is 24.9. The molecular formula is C18H24N2O3. The second-order valence-corrected chi connectivity index (χ2v) is 5.80. The summed E-state index contributed by atoms with van der Waals surface area (Å²) in [7, 11) is 1.64. The second-order valence-electron chi connectivity index (χ2n) is 5.80. The molecule has 0 aliphatic carbocycles. The number of ether oxygens (including phenoxy) is 1. The van der Waals surface area contributed by atoms with Crippen LogP contribution in [0.3, 0.4) is 0 Å². The molecule has 0 aromatic heterocycles. The number of amides is 2. The van der Waals surface area contributed by atoms with E-state index in [4.69, 9.17) is 4.74 Å². The van der Waals surface area contributed by atoms with Crippen molar-refractivity contribution in [3.8, 4) is 5.75 Å². The lowest BCUT2D eigenvalue weighted by atomic mass is 10.1. The van der Waals surface area contributed by atoms with Gasteiger partial charge in [-0.15, -0.1) is 0 Å². The Morgan fingerprint density at radius 3 is 2.70 bits per heavy atom. The number of hydrogen-bond donors (Lipinski definition) is 1. The molecule has 124 valence electrons. The molecule has 0 bridgehead atoms. The summed E-state index contributed by atoms with van der Waals surface area (Å²) in [5.41, 5.74) is 0.475. The Labute approximate surface area is 137 Å². The monoisotopic (exact) mass is 316 g/mol. The minimum Gasteiger partial charge on any atom is -0.490 e. The van der Waals surface area contributed by atoms with Crippen LogP contribution in [0, 0.1) is 0 Å². The van der Waals surface area contributed by atoms with E-state index in [0.717, 1.165) is 12.8 Å². The number of nitrogens with zero attached hydrogens (tertiary/aromatic N) is 1. The van der Waals surface area contributed by atoms with Gasteiger partial charge in [0.15, 0.2) is 0 Å². The van der Waals surface area contributed by atoms with E-state index in [-0.39, 0.29) is 17.9 Å². The highest BCUT2D eigenvalue weighted by Gasteiger charge is 2.25. The van der Waals surface area contributed by atoms with Gasteiger partial charge < -0.3 is 15.0 Å². The van der Waals surface area contributed by atoms with Gasteiger partial charge in [-0.3, -0.25) is 9.59 Å². The highest BCUT2D eigenvalue weighted by atomic mass is 16.5. The molecule has 1 aliphatic heterocycles. The number of likely N-dealkylation sites (N-methyl/N-ethyl adjacent to an activating group) is 1. The summed E-state index contributed by atoms with van der Waals surface area (Å²) < 4.78 is 5.92. The molecule has 1 aliphatic rings. The summed E-state index contributed by atoms with van der Waals surface area (Å²) in [6, 6.07) is 6.62. The number of benzene rings is 1. The number of nitrogens with one attached hydrogen (secondary N) is 1. The number of carbonyl (C=O) groups excluding carboxylic acids is 2. The molecule has 5 heteroatoms. The van der Waals surface area contributed by atoms with Crippen molar-refractivity contribution in [2.75, 3.05) is 13.6 Å². The highest BCUT2D eigenvalue weighted by molar-refractivity contribution is 5.99. The molecule has 0 fully saturated rings. The van der Waals surface area contributed by atoms with Gasteiger partial charge in [-0.25, -0.2) is 0 Å². The minimum absolute atomic E-state index is 0.0274. The molecule has 23 heavy (non-hydrogen) atoms.